The SMILES string of the molecule is NCCN(CCc1ccccc1)Cc1c(C2CC2)nc2sccn12. The predicted octanol–water partition coefficient (Wildman–Crippen LogP) is 3.28. The Balaban J connectivity index is 1.52. The third-order valence-electron chi connectivity index (χ3n) is 4.73. The zero-order chi connectivity index (χ0) is 16.4. The van der Waals surface area contributed by atoms with E-state index in [0.29, 0.717) is 12.5 Å². The average molecular weight is 340 g/mol. The van der Waals surface area contributed by atoms with Gasteiger partial charge in [-0.3, -0.25) is 9.30 Å². The van der Waals surface area contributed by atoms with Crippen LogP contribution in [0.25, 0.3) is 4.96 Å². The van der Waals surface area contributed by atoms with Crippen LogP contribution < -0.4 is 5.73 Å². The van der Waals surface area contributed by atoms with E-state index in [1.54, 1.807) is 11.3 Å². The highest BCUT2D eigenvalue weighted by Crippen LogP contribution is 2.42. The summed E-state index contributed by atoms with van der Waals surface area (Å²) in [5.74, 6) is 0.681. The summed E-state index contributed by atoms with van der Waals surface area (Å²) in [7, 11) is 0. The molecule has 1 aliphatic rings. The molecule has 1 aromatic carbocycles. The number of fused-ring (bicyclic) bond motifs is 1. The monoisotopic (exact) mass is 340 g/mol. The van der Waals surface area contributed by atoms with Crippen LogP contribution in [0.5, 0.6) is 0 Å². The number of nitrogens with zero attached hydrogens (tertiary/aromatic N) is 3. The van der Waals surface area contributed by atoms with Crippen LogP contribution in [-0.2, 0) is 13.0 Å². The molecule has 0 radical (unpaired) electrons. The van der Waals surface area contributed by atoms with Gasteiger partial charge in [-0.05, 0) is 24.8 Å². The summed E-state index contributed by atoms with van der Waals surface area (Å²) in [6.45, 7) is 3.59. The summed E-state index contributed by atoms with van der Waals surface area (Å²) in [6, 6.07) is 10.7. The van der Waals surface area contributed by atoms with Crippen molar-refractivity contribution in [3.05, 3.63) is 58.9 Å². The lowest BCUT2D eigenvalue weighted by Gasteiger charge is -2.22. The van der Waals surface area contributed by atoms with Gasteiger partial charge < -0.3 is 5.73 Å². The van der Waals surface area contributed by atoms with Gasteiger partial charge in [0.25, 0.3) is 0 Å². The number of benzene rings is 1. The normalized spacial score (nSPS) is 14.8. The number of aromatic nitrogens is 2. The van der Waals surface area contributed by atoms with Gasteiger partial charge in [-0.25, -0.2) is 4.98 Å². The van der Waals surface area contributed by atoms with Gasteiger partial charge in [0.15, 0.2) is 4.96 Å². The maximum Gasteiger partial charge on any atom is 0.194 e. The van der Waals surface area contributed by atoms with Crippen LogP contribution in [0.2, 0.25) is 0 Å². The third-order valence-corrected chi connectivity index (χ3v) is 5.49. The van der Waals surface area contributed by atoms with Crippen LogP contribution in [-0.4, -0.2) is 33.9 Å². The fourth-order valence-corrected chi connectivity index (χ4v) is 4.03. The molecule has 3 aromatic rings. The number of thiazole rings is 1. The van der Waals surface area contributed by atoms with E-state index in [1.165, 1.54) is 29.8 Å². The first kappa shape index (κ1) is 15.8. The standard InChI is InChI=1S/C19H24N4S/c20-9-11-22(10-8-15-4-2-1-3-5-15)14-17-18(16-6-7-16)21-19-23(17)12-13-24-19/h1-5,12-13,16H,6-11,14,20H2. The Morgan fingerprint density at radius 2 is 2.04 bits per heavy atom. The fraction of sp³-hybridized carbons (Fsp3) is 0.421. The van der Waals surface area contributed by atoms with Crippen molar-refractivity contribution in [1.29, 1.82) is 0 Å². The van der Waals surface area contributed by atoms with Crippen LogP contribution in [0.15, 0.2) is 41.9 Å². The average Bonchev–Trinajstić information content (AvgIpc) is 3.25. The van der Waals surface area contributed by atoms with Crippen molar-refractivity contribution in [1.82, 2.24) is 14.3 Å². The van der Waals surface area contributed by atoms with Gasteiger partial charge in [-0.1, -0.05) is 30.3 Å². The van der Waals surface area contributed by atoms with Crippen molar-refractivity contribution in [3.8, 4) is 0 Å². The predicted molar refractivity (Wildman–Crippen MR) is 99.5 cm³/mol. The summed E-state index contributed by atoms with van der Waals surface area (Å²) in [5, 5.41) is 2.12. The number of hydrogen-bond acceptors (Lipinski definition) is 4. The summed E-state index contributed by atoms with van der Waals surface area (Å²) >= 11 is 1.73. The maximum absolute atomic E-state index is 5.87. The number of hydrogen-bond donors (Lipinski definition) is 1. The molecule has 0 unspecified atom stereocenters. The molecule has 0 aliphatic heterocycles. The lowest BCUT2D eigenvalue weighted by atomic mass is 10.1. The Labute approximate surface area is 146 Å². The van der Waals surface area contributed by atoms with Gasteiger partial charge in [-0.2, -0.15) is 0 Å². The molecule has 1 aliphatic carbocycles. The molecule has 0 amide bonds. The Hall–Kier alpha value is -1.69. The van der Waals surface area contributed by atoms with E-state index < -0.39 is 0 Å². The van der Waals surface area contributed by atoms with Crippen molar-refractivity contribution >= 4 is 16.3 Å². The third kappa shape index (κ3) is 3.38. The van der Waals surface area contributed by atoms with E-state index in [-0.39, 0.29) is 0 Å². The van der Waals surface area contributed by atoms with Crippen LogP contribution in [0.3, 0.4) is 0 Å². The van der Waals surface area contributed by atoms with E-state index in [0.717, 1.165) is 31.0 Å². The van der Waals surface area contributed by atoms with Crippen LogP contribution in [0.1, 0.15) is 35.7 Å². The molecule has 1 fully saturated rings. The van der Waals surface area contributed by atoms with Crippen molar-refractivity contribution in [3.63, 3.8) is 0 Å². The van der Waals surface area contributed by atoms with Crippen LogP contribution >= 0.6 is 11.3 Å². The molecule has 5 heteroatoms. The molecule has 126 valence electrons. The van der Waals surface area contributed by atoms with E-state index in [1.807, 2.05) is 0 Å². The van der Waals surface area contributed by atoms with E-state index in [2.05, 4.69) is 51.2 Å². The Morgan fingerprint density at radius 1 is 1.21 bits per heavy atom. The molecule has 2 aromatic heterocycles. The Bertz CT molecular complexity index is 788. The molecule has 0 bridgehead atoms. The van der Waals surface area contributed by atoms with Gasteiger partial charge in [-0.15, -0.1) is 11.3 Å². The molecule has 0 atom stereocenters. The van der Waals surface area contributed by atoms with Crippen LogP contribution in [0, 0.1) is 0 Å². The summed E-state index contributed by atoms with van der Waals surface area (Å²) in [5.41, 5.74) is 9.95. The molecule has 0 saturated heterocycles. The Kier molecular flexibility index (Phi) is 4.65. The van der Waals surface area contributed by atoms with Crippen molar-refractivity contribution in [2.75, 3.05) is 19.6 Å². The highest BCUT2D eigenvalue weighted by molar-refractivity contribution is 7.15. The van der Waals surface area contributed by atoms with Gasteiger partial charge >= 0.3 is 0 Å². The van der Waals surface area contributed by atoms with E-state index in [4.69, 9.17) is 10.7 Å². The highest BCUT2D eigenvalue weighted by atomic mass is 32.1. The number of imidazole rings is 1. The largest absolute Gasteiger partial charge is 0.329 e. The van der Waals surface area contributed by atoms with Gasteiger partial charge in [0.05, 0.1) is 11.4 Å². The number of nitrogens with two attached hydrogens (primary N) is 1. The number of rotatable bonds is 8. The van der Waals surface area contributed by atoms with E-state index >= 15 is 0 Å². The topological polar surface area (TPSA) is 46.6 Å². The van der Waals surface area contributed by atoms with Crippen molar-refractivity contribution in [2.24, 2.45) is 5.73 Å². The minimum atomic E-state index is 0.681. The molecule has 1 saturated carbocycles. The molecule has 4 rings (SSSR count). The minimum Gasteiger partial charge on any atom is -0.329 e. The second kappa shape index (κ2) is 7.05. The summed E-state index contributed by atoms with van der Waals surface area (Å²) in [6.07, 6.45) is 5.80. The molecule has 2 heterocycles. The molecular weight excluding hydrogens is 316 g/mol. The quantitative estimate of drug-likeness (QED) is 0.684. The molecule has 4 nitrogen and oxygen atoms in total. The second-order valence-electron chi connectivity index (χ2n) is 6.57. The van der Waals surface area contributed by atoms with Gasteiger partial charge in [0, 0.05) is 43.7 Å². The lowest BCUT2D eigenvalue weighted by molar-refractivity contribution is 0.271. The fourth-order valence-electron chi connectivity index (χ4n) is 3.29. The second-order valence-corrected chi connectivity index (χ2v) is 7.45. The zero-order valence-electron chi connectivity index (χ0n) is 13.9. The van der Waals surface area contributed by atoms with Crippen molar-refractivity contribution in [2.45, 2.75) is 31.7 Å². The molecular formula is C19H24N4S. The zero-order valence-corrected chi connectivity index (χ0v) is 14.7. The smallest absolute Gasteiger partial charge is 0.194 e. The summed E-state index contributed by atoms with van der Waals surface area (Å²) < 4.78 is 2.28. The minimum absolute atomic E-state index is 0.681. The maximum atomic E-state index is 5.87. The van der Waals surface area contributed by atoms with Gasteiger partial charge in [0.2, 0.25) is 0 Å². The van der Waals surface area contributed by atoms with Crippen molar-refractivity contribution < 1.29 is 0 Å². The first-order valence-corrected chi connectivity index (χ1v) is 9.64. The molecule has 2 N–H and O–H groups in total. The first-order valence-electron chi connectivity index (χ1n) is 8.76. The Morgan fingerprint density at radius 3 is 2.79 bits per heavy atom. The van der Waals surface area contributed by atoms with E-state index in [9.17, 15) is 0 Å². The highest BCUT2D eigenvalue weighted by Gasteiger charge is 2.30. The molecule has 0 spiro atoms. The lowest BCUT2D eigenvalue weighted by Crippen LogP contribution is -2.31. The molecule has 24 heavy (non-hydrogen) atoms. The summed E-state index contributed by atoms with van der Waals surface area (Å²) in [4.78, 5) is 8.49. The van der Waals surface area contributed by atoms with Gasteiger partial charge in [0.1, 0.15) is 0 Å². The first-order chi connectivity index (χ1) is 11.8. The van der Waals surface area contributed by atoms with Crippen LogP contribution in [0.4, 0.5) is 0 Å².